The fourth-order valence-electron chi connectivity index (χ4n) is 2.52. The third-order valence-corrected chi connectivity index (χ3v) is 4.45. The van der Waals surface area contributed by atoms with E-state index in [1.165, 1.54) is 25.7 Å². The van der Waals surface area contributed by atoms with Crippen molar-refractivity contribution in [3.05, 3.63) is 0 Å². The van der Waals surface area contributed by atoms with Gasteiger partial charge in [0.25, 0.3) is 0 Å². The lowest BCUT2D eigenvalue weighted by molar-refractivity contribution is 0.0509. The summed E-state index contributed by atoms with van der Waals surface area (Å²) < 4.78 is 0. The largest absolute Gasteiger partial charge is 0.326 e. The van der Waals surface area contributed by atoms with Crippen LogP contribution in [-0.4, -0.2) is 29.6 Å². The molecule has 3 unspecified atom stereocenters. The third-order valence-electron chi connectivity index (χ3n) is 4.45. The van der Waals surface area contributed by atoms with Crippen LogP contribution in [-0.2, 0) is 0 Å². The van der Waals surface area contributed by atoms with Crippen LogP contribution >= 0.6 is 0 Å². The lowest BCUT2D eigenvalue weighted by atomic mass is 9.81. The molecule has 3 atom stereocenters. The fourth-order valence-corrected chi connectivity index (χ4v) is 2.52. The lowest BCUT2D eigenvalue weighted by Crippen LogP contribution is -2.56. The van der Waals surface area contributed by atoms with Crippen molar-refractivity contribution in [1.29, 1.82) is 0 Å². The van der Waals surface area contributed by atoms with Crippen molar-refractivity contribution < 1.29 is 0 Å². The van der Waals surface area contributed by atoms with Gasteiger partial charge in [0.05, 0.1) is 0 Å². The second-order valence-electron chi connectivity index (χ2n) is 5.93. The van der Waals surface area contributed by atoms with E-state index >= 15 is 0 Å². The molecule has 1 saturated carbocycles. The van der Waals surface area contributed by atoms with Gasteiger partial charge < -0.3 is 5.73 Å². The van der Waals surface area contributed by atoms with Gasteiger partial charge in [-0.1, -0.05) is 13.8 Å². The Morgan fingerprint density at radius 3 is 2.47 bits per heavy atom. The Morgan fingerprint density at radius 1 is 1.33 bits per heavy atom. The van der Waals surface area contributed by atoms with E-state index in [4.69, 9.17) is 5.73 Å². The molecule has 1 aliphatic carbocycles. The van der Waals surface area contributed by atoms with Crippen molar-refractivity contribution in [1.82, 2.24) is 4.90 Å². The second kappa shape index (κ2) is 4.84. The van der Waals surface area contributed by atoms with E-state index in [-0.39, 0.29) is 5.54 Å². The molecule has 2 nitrogen and oxygen atoms in total. The highest BCUT2D eigenvalue weighted by Gasteiger charge is 2.34. The first-order valence-corrected chi connectivity index (χ1v) is 6.37. The van der Waals surface area contributed by atoms with Crippen LogP contribution in [0.15, 0.2) is 0 Å². The van der Waals surface area contributed by atoms with Crippen LogP contribution in [0, 0.1) is 5.92 Å². The van der Waals surface area contributed by atoms with Gasteiger partial charge in [0.2, 0.25) is 0 Å². The number of nitrogens with zero attached hydrogens (tertiary/aromatic N) is 1. The maximum absolute atomic E-state index is 6.25. The summed E-state index contributed by atoms with van der Waals surface area (Å²) in [7, 11) is 2.24. The smallest absolute Gasteiger partial charge is 0.0251 e. The molecule has 0 aromatic rings. The van der Waals surface area contributed by atoms with Gasteiger partial charge in [0.1, 0.15) is 0 Å². The monoisotopic (exact) mass is 212 g/mol. The Kier molecular flexibility index (Phi) is 4.19. The third kappa shape index (κ3) is 2.94. The van der Waals surface area contributed by atoms with E-state index in [2.05, 4.69) is 39.6 Å². The lowest BCUT2D eigenvalue weighted by Gasteiger charge is -2.46. The van der Waals surface area contributed by atoms with E-state index < -0.39 is 0 Å². The zero-order valence-electron chi connectivity index (χ0n) is 11.1. The molecule has 0 aromatic heterocycles. The second-order valence-corrected chi connectivity index (χ2v) is 5.93. The Bertz CT molecular complexity index is 201. The van der Waals surface area contributed by atoms with E-state index in [1.54, 1.807) is 0 Å². The summed E-state index contributed by atoms with van der Waals surface area (Å²) in [4.78, 5) is 2.51. The van der Waals surface area contributed by atoms with Crippen LogP contribution in [0.3, 0.4) is 0 Å². The molecule has 1 rings (SSSR count). The van der Waals surface area contributed by atoms with Gasteiger partial charge in [0, 0.05) is 17.6 Å². The summed E-state index contributed by atoms with van der Waals surface area (Å²) in [5.74, 6) is 0.838. The Labute approximate surface area is 95.2 Å². The number of nitrogens with two attached hydrogens (primary N) is 1. The van der Waals surface area contributed by atoms with Gasteiger partial charge in [-0.3, -0.25) is 4.90 Å². The van der Waals surface area contributed by atoms with Crippen LogP contribution in [0.1, 0.15) is 53.4 Å². The van der Waals surface area contributed by atoms with E-state index in [1.807, 2.05) is 0 Å². The maximum Gasteiger partial charge on any atom is 0.0251 e. The van der Waals surface area contributed by atoms with Crippen molar-refractivity contribution >= 4 is 0 Å². The van der Waals surface area contributed by atoms with E-state index in [0.29, 0.717) is 12.1 Å². The minimum absolute atomic E-state index is 0.277. The topological polar surface area (TPSA) is 29.3 Å². The predicted molar refractivity (Wildman–Crippen MR) is 66.9 cm³/mol. The zero-order chi connectivity index (χ0) is 11.6. The highest BCUT2D eigenvalue weighted by atomic mass is 15.2. The first-order valence-electron chi connectivity index (χ1n) is 6.37. The first kappa shape index (κ1) is 13.0. The average Bonchev–Trinajstić information content (AvgIpc) is 2.20. The molecule has 0 radical (unpaired) electrons. The standard InChI is InChI=1S/C13H28N2/c1-6-13(3,4)15(5)12-9-10(2)7-8-11(12)14/h10-12H,6-9,14H2,1-5H3. The molecule has 90 valence electrons. The molecular formula is C13H28N2. The molecule has 0 amide bonds. The summed E-state index contributed by atoms with van der Waals surface area (Å²) in [6, 6.07) is 0.945. The predicted octanol–water partition coefficient (Wildman–Crippen LogP) is 2.62. The van der Waals surface area contributed by atoms with Gasteiger partial charge in [0.15, 0.2) is 0 Å². The fraction of sp³-hybridized carbons (Fsp3) is 1.00. The summed E-state index contributed by atoms with van der Waals surface area (Å²) in [6.07, 6.45) is 4.94. The molecule has 0 heterocycles. The molecule has 15 heavy (non-hydrogen) atoms. The first-order chi connectivity index (χ1) is 6.88. The van der Waals surface area contributed by atoms with Gasteiger partial charge in [-0.25, -0.2) is 0 Å². The minimum atomic E-state index is 0.277. The zero-order valence-corrected chi connectivity index (χ0v) is 11.1. The Morgan fingerprint density at radius 2 is 1.93 bits per heavy atom. The molecule has 0 aliphatic heterocycles. The highest BCUT2D eigenvalue weighted by Crippen LogP contribution is 2.30. The normalized spacial score (nSPS) is 33.4. The van der Waals surface area contributed by atoms with Crippen LogP contribution in [0.5, 0.6) is 0 Å². The summed E-state index contributed by atoms with van der Waals surface area (Å²) in [5, 5.41) is 0. The summed E-state index contributed by atoms with van der Waals surface area (Å²) >= 11 is 0. The van der Waals surface area contributed by atoms with E-state index in [0.717, 1.165) is 5.92 Å². The number of hydrogen-bond donors (Lipinski definition) is 1. The number of hydrogen-bond acceptors (Lipinski definition) is 2. The minimum Gasteiger partial charge on any atom is -0.326 e. The molecule has 0 bridgehead atoms. The van der Waals surface area contributed by atoms with Crippen LogP contribution < -0.4 is 5.73 Å². The van der Waals surface area contributed by atoms with Crippen molar-refractivity contribution in [2.75, 3.05) is 7.05 Å². The molecular weight excluding hydrogens is 184 g/mol. The van der Waals surface area contributed by atoms with Gasteiger partial charge in [-0.05, 0) is 52.5 Å². The summed E-state index contributed by atoms with van der Waals surface area (Å²) in [6.45, 7) is 9.25. The van der Waals surface area contributed by atoms with Crippen molar-refractivity contribution in [3.8, 4) is 0 Å². The van der Waals surface area contributed by atoms with Gasteiger partial charge in [-0.15, -0.1) is 0 Å². The van der Waals surface area contributed by atoms with Gasteiger partial charge in [-0.2, -0.15) is 0 Å². The molecule has 0 saturated heterocycles. The van der Waals surface area contributed by atoms with Crippen molar-refractivity contribution in [2.24, 2.45) is 11.7 Å². The van der Waals surface area contributed by atoms with Crippen molar-refractivity contribution in [3.63, 3.8) is 0 Å². The van der Waals surface area contributed by atoms with Crippen LogP contribution in [0.25, 0.3) is 0 Å². The average molecular weight is 212 g/mol. The Balaban J connectivity index is 2.68. The number of rotatable bonds is 3. The molecule has 2 N–H and O–H groups in total. The van der Waals surface area contributed by atoms with Gasteiger partial charge >= 0.3 is 0 Å². The van der Waals surface area contributed by atoms with Crippen LogP contribution in [0.2, 0.25) is 0 Å². The van der Waals surface area contributed by atoms with E-state index in [9.17, 15) is 0 Å². The SMILES string of the molecule is CCC(C)(C)N(C)C1CC(C)CCC1N. The molecule has 0 aromatic carbocycles. The summed E-state index contributed by atoms with van der Waals surface area (Å²) in [5.41, 5.74) is 6.53. The highest BCUT2D eigenvalue weighted by molar-refractivity contribution is 4.92. The van der Waals surface area contributed by atoms with Crippen LogP contribution in [0.4, 0.5) is 0 Å². The molecule has 1 aliphatic rings. The maximum atomic E-state index is 6.25. The quantitative estimate of drug-likeness (QED) is 0.779. The molecule has 0 spiro atoms. The van der Waals surface area contributed by atoms with Crippen molar-refractivity contribution in [2.45, 2.75) is 71.0 Å². The molecule has 1 fully saturated rings. The number of likely N-dealkylation sites (N-methyl/N-ethyl adjacent to an activating group) is 1. The molecule has 2 heteroatoms. The Hall–Kier alpha value is -0.0800.